The molecular weight excluding hydrogens is 496 g/mol. The molecule has 8 heteroatoms. The minimum Gasteiger partial charge on any atom is -0.497 e. The van der Waals surface area contributed by atoms with Crippen LogP contribution in [-0.4, -0.2) is 87.6 Å². The van der Waals surface area contributed by atoms with Crippen LogP contribution in [0, 0.1) is 13.8 Å². The zero-order chi connectivity index (χ0) is 28.4. The van der Waals surface area contributed by atoms with E-state index in [1.54, 1.807) is 39.5 Å². The normalized spacial score (nSPS) is 15.2. The molecule has 2 aromatic carbocycles. The van der Waals surface area contributed by atoms with Crippen LogP contribution in [0.2, 0.25) is 0 Å². The summed E-state index contributed by atoms with van der Waals surface area (Å²) in [4.78, 5) is 18.3. The average Bonchev–Trinajstić information content (AvgIpc) is 2.97. The molecule has 1 fully saturated rings. The van der Waals surface area contributed by atoms with Crippen LogP contribution in [0.25, 0.3) is 0 Å². The summed E-state index contributed by atoms with van der Waals surface area (Å²) < 4.78 is 22.0. The third kappa shape index (κ3) is 7.87. The fourth-order valence-corrected chi connectivity index (χ4v) is 5.38. The summed E-state index contributed by atoms with van der Waals surface area (Å²) >= 11 is 0. The van der Waals surface area contributed by atoms with Crippen molar-refractivity contribution in [2.45, 2.75) is 58.5 Å². The molecule has 2 aromatic rings. The molecule has 0 aromatic heterocycles. The number of aliphatic hydroxyl groups is 1. The number of hydrogen-bond donors (Lipinski definition) is 1. The van der Waals surface area contributed by atoms with E-state index in [1.165, 1.54) is 11.1 Å². The Bertz CT molecular complexity index is 1050. The number of hydrogen-bond acceptors (Lipinski definition) is 7. The standard InChI is InChI=1S/C31H46N2O6/c1-22-23(2)30(39-18-8-16-34)10-9-29(22)24(3)32-14-11-26(12-15-32)33(13-7-17-36-4)31(35)25-19-27(37-5)21-28(20-25)38-6/h9-10,19-21,24,26,34H,7-8,11-18H2,1-6H3. The highest BCUT2D eigenvalue weighted by Gasteiger charge is 2.31. The molecule has 8 nitrogen and oxygen atoms in total. The van der Waals surface area contributed by atoms with Crippen LogP contribution in [0.4, 0.5) is 0 Å². The van der Waals surface area contributed by atoms with Gasteiger partial charge in [0, 0.05) is 70.1 Å². The van der Waals surface area contributed by atoms with Gasteiger partial charge in [0.25, 0.3) is 5.91 Å². The van der Waals surface area contributed by atoms with Crippen molar-refractivity contribution < 1.29 is 28.8 Å². The quantitative estimate of drug-likeness (QED) is 0.344. The minimum absolute atomic E-state index is 0.00180. The highest BCUT2D eigenvalue weighted by molar-refractivity contribution is 5.95. The highest BCUT2D eigenvalue weighted by atomic mass is 16.5. The molecule has 216 valence electrons. The third-order valence-electron chi connectivity index (χ3n) is 7.88. The van der Waals surface area contributed by atoms with Crippen LogP contribution in [0.5, 0.6) is 17.2 Å². The lowest BCUT2D eigenvalue weighted by Gasteiger charge is -2.41. The SMILES string of the molecule is COCCCN(C(=O)c1cc(OC)cc(OC)c1)C1CCN(C(C)c2ccc(OCCCO)c(C)c2C)CC1. The molecule has 1 atom stereocenters. The second-order valence-electron chi connectivity index (χ2n) is 10.2. The summed E-state index contributed by atoms with van der Waals surface area (Å²) in [6.45, 7) is 10.2. The van der Waals surface area contributed by atoms with E-state index < -0.39 is 0 Å². The molecule has 1 unspecified atom stereocenters. The summed E-state index contributed by atoms with van der Waals surface area (Å²) in [5.41, 5.74) is 4.27. The van der Waals surface area contributed by atoms with Gasteiger partial charge in [-0.05, 0) is 74.9 Å². The number of carbonyl (C=O) groups excluding carboxylic acids is 1. The van der Waals surface area contributed by atoms with Crippen LogP contribution < -0.4 is 14.2 Å². The zero-order valence-corrected chi connectivity index (χ0v) is 24.5. The Labute approximate surface area is 233 Å². The van der Waals surface area contributed by atoms with Crippen molar-refractivity contribution in [2.75, 3.05) is 60.8 Å². The predicted molar refractivity (Wildman–Crippen MR) is 153 cm³/mol. The predicted octanol–water partition coefficient (Wildman–Crippen LogP) is 4.79. The molecule has 1 saturated heterocycles. The number of aliphatic hydroxyl groups excluding tert-OH is 1. The fraction of sp³-hybridized carbons (Fsp3) is 0.581. The van der Waals surface area contributed by atoms with E-state index in [1.807, 2.05) is 4.90 Å². The van der Waals surface area contributed by atoms with Crippen molar-refractivity contribution in [3.63, 3.8) is 0 Å². The molecule has 1 aliphatic heterocycles. The number of carbonyl (C=O) groups is 1. The van der Waals surface area contributed by atoms with Crippen molar-refractivity contribution in [1.29, 1.82) is 0 Å². The van der Waals surface area contributed by atoms with Gasteiger partial charge in [0.2, 0.25) is 0 Å². The van der Waals surface area contributed by atoms with E-state index >= 15 is 0 Å². The molecule has 0 saturated carbocycles. The first-order valence-corrected chi connectivity index (χ1v) is 13.9. The van der Waals surface area contributed by atoms with Crippen molar-refractivity contribution in [2.24, 2.45) is 0 Å². The summed E-state index contributed by atoms with van der Waals surface area (Å²) in [5.74, 6) is 2.09. The number of benzene rings is 2. The number of ether oxygens (including phenoxy) is 4. The van der Waals surface area contributed by atoms with Crippen molar-refractivity contribution in [3.05, 3.63) is 52.6 Å². The second-order valence-corrected chi connectivity index (χ2v) is 10.2. The monoisotopic (exact) mass is 542 g/mol. The van der Waals surface area contributed by atoms with E-state index in [2.05, 4.69) is 37.8 Å². The van der Waals surface area contributed by atoms with E-state index in [0.717, 1.165) is 43.7 Å². The maximum absolute atomic E-state index is 13.8. The Balaban J connectivity index is 1.72. The molecule has 0 radical (unpaired) electrons. The van der Waals surface area contributed by atoms with E-state index in [0.29, 0.717) is 43.2 Å². The van der Waals surface area contributed by atoms with Gasteiger partial charge in [-0.15, -0.1) is 0 Å². The van der Waals surface area contributed by atoms with Crippen molar-refractivity contribution in [1.82, 2.24) is 9.80 Å². The first-order chi connectivity index (χ1) is 18.8. The number of rotatable bonds is 14. The molecule has 0 spiro atoms. The lowest BCUT2D eigenvalue weighted by molar-refractivity contribution is 0.0503. The summed E-state index contributed by atoms with van der Waals surface area (Å²) in [7, 11) is 4.88. The lowest BCUT2D eigenvalue weighted by atomic mass is 9.94. The average molecular weight is 543 g/mol. The smallest absolute Gasteiger partial charge is 0.254 e. The first kappa shape index (κ1) is 30.7. The number of methoxy groups -OCH3 is 3. The summed E-state index contributed by atoms with van der Waals surface area (Å²) in [5, 5.41) is 9.04. The van der Waals surface area contributed by atoms with Crippen LogP contribution in [0.1, 0.15) is 65.7 Å². The summed E-state index contributed by atoms with van der Waals surface area (Å²) in [6.07, 6.45) is 3.22. The van der Waals surface area contributed by atoms with E-state index in [-0.39, 0.29) is 24.6 Å². The van der Waals surface area contributed by atoms with Crippen LogP contribution in [0.3, 0.4) is 0 Å². The van der Waals surface area contributed by atoms with Gasteiger partial charge in [-0.1, -0.05) is 6.07 Å². The molecule has 1 heterocycles. The Morgan fingerprint density at radius 1 is 1.00 bits per heavy atom. The molecule has 0 bridgehead atoms. The number of likely N-dealkylation sites (tertiary alicyclic amines) is 1. The Morgan fingerprint density at radius 3 is 2.26 bits per heavy atom. The van der Waals surface area contributed by atoms with E-state index in [9.17, 15) is 4.79 Å². The van der Waals surface area contributed by atoms with Gasteiger partial charge in [0.15, 0.2) is 0 Å². The molecule has 0 aliphatic carbocycles. The molecule has 39 heavy (non-hydrogen) atoms. The van der Waals surface area contributed by atoms with Gasteiger partial charge in [-0.25, -0.2) is 0 Å². The Morgan fingerprint density at radius 2 is 1.67 bits per heavy atom. The maximum atomic E-state index is 13.8. The highest BCUT2D eigenvalue weighted by Crippen LogP contribution is 2.33. The topological polar surface area (TPSA) is 80.7 Å². The van der Waals surface area contributed by atoms with Crippen LogP contribution in [-0.2, 0) is 4.74 Å². The number of piperidine rings is 1. The number of amides is 1. The van der Waals surface area contributed by atoms with Gasteiger partial charge >= 0.3 is 0 Å². The second kappa shape index (κ2) is 15.1. The van der Waals surface area contributed by atoms with Gasteiger partial charge in [-0.3, -0.25) is 9.69 Å². The van der Waals surface area contributed by atoms with Gasteiger partial charge in [-0.2, -0.15) is 0 Å². The largest absolute Gasteiger partial charge is 0.497 e. The van der Waals surface area contributed by atoms with Crippen LogP contribution >= 0.6 is 0 Å². The van der Waals surface area contributed by atoms with Crippen molar-refractivity contribution >= 4 is 5.91 Å². The maximum Gasteiger partial charge on any atom is 0.254 e. The third-order valence-corrected chi connectivity index (χ3v) is 7.88. The molecular formula is C31H46N2O6. The molecule has 3 rings (SSSR count). The van der Waals surface area contributed by atoms with E-state index in [4.69, 9.17) is 24.1 Å². The summed E-state index contributed by atoms with van der Waals surface area (Å²) in [6, 6.07) is 9.99. The zero-order valence-electron chi connectivity index (χ0n) is 24.5. The Kier molecular flexibility index (Phi) is 11.9. The minimum atomic E-state index is -0.00180. The van der Waals surface area contributed by atoms with Crippen LogP contribution in [0.15, 0.2) is 30.3 Å². The first-order valence-electron chi connectivity index (χ1n) is 13.9. The van der Waals surface area contributed by atoms with Gasteiger partial charge in [0.05, 0.1) is 20.8 Å². The lowest BCUT2D eigenvalue weighted by Crippen LogP contribution is -2.48. The molecule has 1 aliphatic rings. The number of nitrogens with zero attached hydrogens (tertiary/aromatic N) is 2. The molecule has 1 amide bonds. The van der Waals surface area contributed by atoms with Crippen molar-refractivity contribution in [3.8, 4) is 17.2 Å². The van der Waals surface area contributed by atoms with Gasteiger partial charge < -0.3 is 29.0 Å². The van der Waals surface area contributed by atoms with Gasteiger partial charge in [0.1, 0.15) is 17.2 Å². The molecule has 1 N–H and O–H groups in total. The fourth-order valence-electron chi connectivity index (χ4n) is 5.38. The Hall–Kier alpha value is -2.81.